The quantitative estimate of drug-likeness (QED) is 0.647. The molecule has 2 heterocycles. The van der Waals surface area contributed by atoms with Crippen molar-refractivity contribution in [2.45, 2.75) is 41.4 Å². The average Bonchev–Trinajstić information content (AvgIpc) is 2.83. The summed E-state index contributed by atoms with van der Waals surface area (Å²) in [7, 11) is -2.12. The van der Waals surface area contributed by atoms with Gasteiger partial charge in [0.05, 0.1) is 22.9 Å². The van der Waals surface area contributed by atoms with Gasteiger partial charge in [0, 0.05) is 30.4 Å². The van der Waals surface area contributed by atoms with E-state index >= 15 is 0 Å². The summed E-state index contributed by atoms with van der Waals surface area (Å²) in [6.45, 7) is 2.75. The molecule has 0 aromatic heterocycles. The van der Waals surface area contributed by atoms with Gasteiger partial charge in [-0.3, -0.25) is 9.59 Å². The van der Waals surface area contributed by atoms with E-state index in [1.807, 2.05) is 31.2 Å². The van der Waals surface area contributed by atoms with E-state index in [0.29, 0.717) is 25.1 Å². The van der Waals surface area contributed by atoms with Crippen molar-refractivity contribution in [1.29, 1.82) is 0 Å². The van der Waals surface area contributed by atoms with Crippen molar-refractivity contribution < 1.29 is 22.7 Å². The number of amides is 2. The van der Waals surface area contributed by atoms with Gasteiger partial charge in [-0.25, -0.2) is 8.42 Å². The zero-order valence-corrected chi connectivity index (χ0v) is 20.2. The summed E-state index contributed by atoms with van der Waals surface area (Å²) in [6, 6.07) is 12.3. The second-order valence-corrected chi connectivity index (χ2v) is 11.5. The molecule has 0 unspecified atom stereocenters. The molecule has 2 aromatic carbocycles. The molecular formula is C23H27N3O5S2. The molecule has 1 fully saturated rings. The molecule has 176 valence electrons. The smallest absolute Gasteiger partial charge is 0.243 e. The van der Waals surface area contributed by atoms with Crippen molar-refractivity contribution in [2.24, 2.45) is 5.92 Å². The van der Waals surface area contributed by atoms with Gasteiger partial charge in [-0.15, -0.1) is 11.8 Å². The highest BCUT2D eigenvalue weighted by atomic mass is 32.2. The van der Waals surface area contributed by atoms with Crippen LogP contribution in [0, 0.1) is 5.92 Å². The minimum atomic E-state index is -3.71. The van der Waals surface area contributed by atoms with Crippen LogP contribution in [0.3, 0.4) is 0 Å². The lowest BCUT2D eigenvalue weighted by atomic mass is 9.97. The highest BCUT2D eigenvalue weighted by Crippen LogP contribution is 2.37. The summed E-state index contributed by atoms with van der Waals surface area (Å²) < 4.78 is 32.9. The minimum absolute atomic E-state index is 0.0718. The van der Waals surface area contributed by atoms with Gasteiger partial charge in [-0.05, 0) is 55.7 Å². The number of piperidine rings is 1. The van der Waals surface area contributed by atoms with Crippen molar-refractivity contribution in [3.05, 3.63) is 48.0 Å². The van der Waals surface area contributed by atoms with E-state index in [4.69, 9.17) is 4.74 Å². The van der Waals surface area contributed by atoms with E-state index in [9.17, 15) is 18.0 Å². The molecule has 2 aliphatic heterocycles. The molecular weight excluding hydrogens is 462 g/mol. The second kappa shape index (κ2) is 9.74. The number of anilines is 1. The molecule has 2 aliphatic rings. The highest BCUT2D eigenvalue weighted by molar-refractivity contribution is 8.01. The molecule has 2 amide bonds. The molecule has 10 heteroatoms. The van der Waals surface area contributed by atoms with E-state index < -0.39 is 10.0 Å². The number of carbonyl (C=O) groups excluding carboxylic acids is 2. The Bertz CT molecular complexity index is 1160. The van der Waals surface area contributed by atoms with Gasteiger partial charge in [0.2, 0.25) is 21.8 Å². The lowest BCUT2D eigenvalue weighted by Gasteiger charge is -2.31. The zero-order valence-electron chi connectivity index (χ0n) is 18.5. The van der Waals surface area contributed by atoms with E-state index in [1.165, 1.54) is 22.1 Å². The summed E-state index contributed by atoms with van der Waals surface area (Å²) in [4.78, 5) is 25.6. The normalized spacial score (nSPS) is 19.5. The SMILES string of the molecule is COc1cccc(CNC(=O)C2CCN(S(=O)(=O)c3ccc4c(c3)NC(=O)[C@@H](C)S4)CC2)c1. The van der Waals surface area contributed by atoms with Crippen LogP contribution < -0.4 is 15.4 Å². The summed E-state index contributed by atoms with van der Waals surface area (Å²) >= 11 is 1.41. The molecule has 2 aromatic rings. The molecule has 0 spiro atoms. The summed E-state index contributed by atoms with van der Waals surface area (Å²) in [5, 5.41) is 5.51. The first kappa shape index (κ1) is 23.6. The average molecular weight is 490 g/mol. The van der Waals surface area contributed by atoms with Crippen LogP contribution >= 0.6 is 11.8 Å². The highest BCUT2D eigenvalue weighted by Gasteiger charge is 2.33. The molecule has 0 bridgehead atoms. The van der Waals surface area contributed by atoms with Crippen LogP contribution in [0.25, 0.3) is 0 Å². The van der Waals surface area contributed by atoms with Gasteiger partial charge in [0.1, 0.15) is 5.75 Å². The van der Waals surface area contributed by atoms with Crippen LogP contribution in [0.5, 0.6) is 5.75 Å². The number of fused-ring (bicyclic) bond motifs is 1. The molecule has 2 N–H and O–H groups in total. The van der Waals surface area contributed by atoms with Gasteiger partial charge in [-0.1, -0.05) is 12.1 Å². The molecule has 8 nitrogen and oxygen atoms in total. The monoisotopic (exact) mass is 489 g/mol. The maximum atomic E-state index is 13.2. The van der Waals surface area contributed by atoms with Gasteiger partial charge < -0.3 is 15.4 Å². The van der Waals surface area contributed by atoms with E-state index in [1.54, 1.807) is 19.2 Å². The number of rotatable bonds is 6. The lowest BCUT2D eigenvalue weighted by Crippen LogP contribution is -2.42. The van der Waals surface area contributed by atoms with Crippen LogP contribution in [0.2, 0.25) is 0 Å². The number of thioether (sulfide) groups is 1. The van der Waals surface area contributed by atoms with E-state index in [-0.39, 0.29) is 41.0 Å². The largest absolute Gasteiger partial charge is 0.497 e. The first-order chi connectivity index (χ1) is 15.8. The van der Waals surface area contributed by atoms with Crippen molar-refractivity contribution in [3.63, 3.8) is 0 Å². The molecule has 4 rings (SSSR count). The Morgan fingerprint density at radius 1 is 1.21 bits per heavy atom. The molecule has 0 radical (unpaired) electrons. The van der Waals surface area contributed by atoms with E-state index in [2.05, 4.69) is 10.6 Å². The summed E-state index contributed by atoms with van der Waals surface area (Å²) in [5.74, 6) is 0.290. The third kappa shape index (κ3) is 5.18. The molecule has 1 atom stereocenters. The van der Waals surface area contributed by atoms with Crippen LogP contribution in [-0.4, -0.2) is 50.0 Å². The molecule has 0 aliphatic carbocycles. The Balaban J connectivity index is 1.35. The number of nitrogens with one attached hydrogen (secondary N) is 2. The fourth-order valence-corrected chi connectivity index (χ4v) is 6.40. The number of hydrogen-bond acceptors (Lipinski definition) is 6. The zero-order chi connectivity index (χ0) is 23.6. The van der Waals surface area contributed by atoms with Crippen molar-refractivity contribution in [1.82, 2.24) is 9.62 Å². The van der Waals surface area contributed by atoms with E-state index in [0.717, 1.165) is 16.2 Å². The van der Waals surface area contributed by atoms with Crippen molar-refractivity contribution in [2.75, 3.05) is 25.5 Å². The van der Waals surface area contributed by atoms with Crippen LogP contribution in [0.1, 0.15) is 25.3 Å². The number of benzene rings is 2. The van der Waals surface area contributed by atoms with Crippen LogP contribution in [0.4, 0.5) is 5.69 Å². The summed E-state index contributed by atoms with van der Waals surface area (Å²) in [6.07, 6.45) is 0.913. The lowest BCUT2D eigenvalue weighted by molar-refractivity contribution is -0.126. The fourth-order valence-electron chi connectivity index (χ4n) is 3.97. The Morgan fingerprint density at radius 3 is 2.70 bits per heavy atom. The molecule has 1 saturated heterocycles. The third-order valence-electron chi connectivity index (χ3n) is 5.95. The fraction of sp³-hybridized carbons (Fsp3) is 0.391. The Kier molecular flexibility index (Phi) is 6.96. The third-order valence-corrected chi connectivity index (χ3v) is 9.02. The number of hydrogen-bond donors (Lipinski definition) is 2. The van der Waals surface area contributed by atoms with Crippen molar-refractivity contribution >= 4 is 39.3 Å². The maximum Gasteiger partial charge on any atom is 0.243 e. The summed E-state index contributed by atoms with van der Waals surface area (Å²) in [5.41, 5.74) is 1.46. The number of ether oxygens (including phenoxy) is 1. The number of carbonyl (C=O) groups is 2. The predicted octanol–water partition coefficient (Wildman–Crippen LogP) is 2.85. The first-order valence-corrected chi connectivity index (χ1v) is 13.1. The predicted molar refractivity (Wildman–Crippen MR) is 127 cm³/mol. The van der Waals surface area contributed by atoms with Crippen LogP contribution in [-0.2, 0) is 26.2 Å². The topological polar surface area (TPSA) is 105 Å². The van der Waals surface area contributed by atoms with Gasteiger partial charge in [-0.2, -0.15) is 4.31 Å². The van der Waals surface area contributed by atoms with Gasteiger partial charge >= 0.3 is 0 Å². The first-order valence-electron chi connectivity index (χ1n) is 10.8. The van der Waals surface area contributed by atoms with Crippen LogP contribution in [0.15, 0.2) is 52.3 Å². The Labute approximate surface area is 198 Å². The molecule has 0 saturated carbocycles. The second-order valence-electron chi connectivity index (χ2n) is 8.15. The Hall–Kier alpha value is -2.56. The molecule has 33 heavy (non-hydrogen) atoms. The number of methoxy groups -OCH3 is 1. The number of nitrogens with zero attached hydrogens (tertiary/aromatic N) is 1. The Morgan fingerprint density at radius 2 is 1.97 bits per heavy atom. The van der Waals surface area contributed by atoms with Crippen molar-refractivity contribution in [3.8, 4) is 5.75 Å². The minimum Gasteiger partial charge on any atom is -0.497 e. The number of sulfonamides is 1. The van der Waals surface area contributed by atoms with Gasteiger partial charge in [0.15, 0.2) is 0 Å². The maximum absolute atomic E-state index is 13.2. The standard InChI is InChI=1S/C23H27N3O5S2/c1-15-22(27)25-20-13-19(6-7-21(20)32-15)33(29,30)26-10-8-17(9-11-26)23(28)24-14-16-4-3-5-18(12-16)31-2/h3-7,12-13,15,17H,8-11,14H2,1-2H3,(H,24,28)(H,25,27)/t15-/m1/s1. The van der Waals surface area contributed by atoms with Gasteiger partial charge in [0.25, 0.3) is 0 Å².